The number of rotatable bonds is 2. The summed E-state index contributed by atoms with van der Waals surface area (Å²) >= 11 is 0. The van der Waals surface area contributed by atoms with Crippen molar-refractivity contribution in [2.24, 2.45) is 5.73 Å². The van der Waals surface area contributed by atoms with Crippen molar-refractivity contribution < 1.29 is 14.9 Å². The Bertz CT molecular complexity index is 50.2. The summed E-state index contributed by atoms with van der Waals surface area (Å²) in [6, 6.07) is 0. The second-order valence-corrected chi connectivity index (χ2v) is 2.37. The number of nitrogens with two attached hydrogens (primary N) is 1. The zero-order valence-corrected chi connectivity index (χ0v) is 4.55. The van der Waals surface area contributed by atoms with E-state index in [1.807, 2.05) is 0 Å². The molecular formula is C2H8NO3P. The summed E-state index contributed by atoms with van der Waals surface area (Å²) in [7, 11) is -2.13. The molecule has 0 amide bonds. The summed E-state index contributed by atoms with van der Waals surface area (Å²) < 4.78 is 0. The molecule has 0 aliphatic heterocycles. The molecule has 0 fully saturated rings. The van der Waals surface area contributed by atoms with Crippen LogP contribution in [0, 0.1) is 0 Å². The molecular weight excluding hydrogens is 117 g/mol. The van der Waals surface area contributed by atoms with Crippen molar-refractivity contribution >= 4 is 8.38 Å². The van der Waals surface area contributed by atoms with Crippen molar-refractivity contribution in [1.82, 2.24) is 0 Å². The number of hydrogen-bond acceptors (Lipinski definition) is 4. The van der Waals surface area contributed by atoms with Gasteiger partial charge in [0.25, 0.3) is 0 Å². The molecule has 0 aromatic rings. The van der Waals surface area contributed by atoms with Gasteiger partial charge in [-0.25, -0.2) is 0 Å². The maximum Gasteiger partial charge on any atom is 0.185 e. The lowest BCUT2D eigenvalue weighted by Gasteiger charge is -2.06. The van der Waals surface area contributed by atoms with Gasteiger partial charge >= 0.3 is 0 Å². The lowest BCUT2D eigenvalue weighted by atomic mass is 10.7. The summed E-state index contributed by atoms with van der Waals surface area (Å²) in [6.45, 7) is -0.376. The van der Waals surface area contributed by atoms with E-state index >= 15 is 0 Å². The molecule has 0 rings (SSSR count). The first-order valence-corrected chi connectivity index (χ1v) is 3.03. The van der Waals surface area contributed by atoms with Crippen molar-refractivity contribution in [1.29, 1.82) is 0 Å². The van der Waals surface area contributed by atoms with Gasteiger partial charge < -0.3 is 20.6 Å². The van der Waals surface area contributed by atoms with Crippen LogP contribution in [0.4, 0.5) is 0 Å². The Morgan fingerprint density at radius 3 is 2.00 bits per heavy atom. The first-order chi connectivity index (χ1) is 3.18. The third-order valence-electron chi connectivity index (χ3n) is 0.484. The molecule has 0 aliphatic rings. The molecule has 0 spiro atoms. The quantitative estimate of drug-likeness (QED) is 0.340. The van der Waals surface area contributed by atoms with Gasteiger partial charge in [0.05, 0.1) is 12.4 Å². The van der Waals surface area contributed by atoms with E-state index in [0.29, 0.717) is 0 Å². The third-order valence-corrected chi connectivity index (χ3v) is 1.24. The first kappa shape index (κ1) is 7.27. The Balaban J connectivity index is 3.14. The second-order valence-electron chi connectivity index (χ2n) is 1.07. The van der Waals surface area contributed by atoms with Crippen molar-refractivity contribution in [3.63, 3.8) is 0 Å². The monoisotopic (exact) mass is 125 g/mol. The standard InChI is InChI=1S/C2H8NO3P/c3-2(1-4)7(5)6/h2,4-6H,1,3H2/t2-/m1/s1. The van der Waals surface area contributed by atoms with Crippen LogP contribution in [0.25, 0.3) is 0 Å². The van der Waals surface area contributed by atoms with E-state index in [1.54, 1.807) is 0 Å². The number of hydrogen-bond donors (Lipinski definition) is 4. The van der Waals surface area contributed by atoms with Crippen molar-refractivity contribution in [2.75, 3.05) is 6.61 Å². The van der Waals surface area contributed by atoms with Gasteiger partial charge in [-0.05, 0) is 0 Å². The van der Waals surface area contributed by atoms with Crippen LogP contribution >= 0.6 is 8.38 Å². The van der Waals surface area contributed by atoms with Crippen LogP contribution in [0.2, 0.25) is 0 Å². The molecule has 0 radical (unpaired) electrons. The summed E-state index contributed by atoms with van der Waals surface area (Å²) in [5, 5.41) is 8.08. The Hall–Kier alpha value is 0.270. The molecule has 0 unspecified atom stereocenters. The highest BCUT2D eigenvalue weighted by molar-refractivity contribution is 7.45. The van der Waals surface area contributed by atoms with E-state index in [-0.39, 0.29) is 6.61 Å². The third kappa shape index (κ3) is 2.91. The van der Waals surface area contributed by atoms with Gasteiger partial charge in [0.15, 0.2) is 8.38 Å². The Kier molecular flexibility index (Phi) is 3.42. The van der Waals surface area contributed by atoms with Crippen molar-refractivity contribution in [3.05, 3.63) is 0 Å². The van der Waals surface area contributed by atoms with E-state index in [1.165, 1.54) is 0 Å². The maximum atomic E-state index is 8.16. The predicted octanol–water partition coefficient (Wildman–Crippen LogP) is -1.44. The van der Waals surface area contributed by atoms with E-state index in [4.69, 9.17) is 20.6 Å². The maximum absolute atomic E-state index is 8.16. The van der Waals surface area contributed by atoms with Crippen LogP contribution < -0.4 is 5.73 Å². The molecule has 1 atom stereocenters. The lowest BCUT2D eigenvalue weighted by molar-refractivity contribution is 0.283. The van der Waals surface area contributed by atoms with Gasteiger partial charge in [-0.15, -0.1) is 0 Å². The van der Waals surface area contributed by atoms with Crippen LogP contribution in [0.3, 0.4) is 0 Å². The van der Waals surface area contributed by atoms with E-state index in [2.05, 4.69) is 0 Å². The summed E-state index contributed by atoms with van der Waals surface area (Å²) in [6.07, 6.45) is 0. The van der Waals surface area contributed by atoms with Crippen LogP contribution in [0.15, 0.2) is 0 Å². The molecule has 0 aromatic carbocycles. The Labute approximate surface area is 42.5 Å². The highest BCUT2D eigenvalue weighted by atomic mass is 31.2. The topological polar surface area (TPSA) is 86.7 Å². The average Bonchev–Trinajstić information content (AvgIpc) is 1.65. The largest absolute Gasteiger partial charge is 0.394 e. The molecule has 4 nitrogen and oxygen atoms in total. The minimum Gasteiger partial charge on any atom is -0.394 e. The van der Waals surface area contributed by atoms with Gasteiger partial charge in [-0.3, -0.25) is 0 Å². The van der Waals surface area contributed by atoms with Crippen LogP contribution in [-0.4, -0.2) is 27.3 Å². The molecule has 7 heavy (non-hydrogen) atoms. The van der Waals surface area contributed by atoms with Gasteiger partial charge in [-0.1, -0.05) is 0 Å². The Morgan fingerprint density at radius 1 is 1.57 bits per heavy atom. The van der Waals surface area contributed by atoms with E-state index in [9.17, 15) is 0 Å². The fraction of sp³-hybridized carbons (Fsp3) is 1.00. The zero-order chi connectivity index (χ0) is 5.86. The molecule has 5 heteroatoms. The van der Waals surface area contributed by atoms with Gasteiger partial charge in [0.1, 0.15) is 0 Å². The fourth-order valence-corrected chi connectivity index (χ4v) is 0.219. The molecule has 0 aliphatic carbocycles. The van der Waals surface area contributed by atoms with Gasteiger partial charge in [0, 0.05) is 0 Å². The van der Waals surface area contributed by atoms with Gasteiger partial charge in [0.2, 0.25) is 0 Å². The molecule has 0 saturated carbocycles. The van der Waals surface area contributed by atoms with E-state index < -0.39 is 14.2 Å². The van der Waals surface area contributed by atoms with Crippen LogP contribution in [-0.2, 0) is 0 Å². The average molecular weight is 125 g/mol. The summed E-state index contributed by atoms with van der Waals surface area (Å²) in [5.74, 6) is -0.866. The second kappa shape index (κ2) is 3.29. The van der Waals surface area contributed by atoms with E-state index in [0.717, 1.165) is 0 Å². The van der Waals surface area contributed by atoms with Crippen molar-refractivity contribution in [3.8, 4) is 0 Å². The summed E-state index contributed by atoms with van der Waals surface area (Å²) in [5.41, 5.74) is 4.89. The van der Waals surface area contributed by atoms with Crippen molar-refractivity contribution in [2.45, 2.75) is 5.78 Å². The molecule has 0 aromatic heterocycles. The van der Waals surface area contributed by atoms with Gasteiger partial charge in [-0.2, -0.15) is 0 Å². The smallest absolute Gasteiger partial charge is 0.185 e. The SMILES string of the molecule is N[C@@H](CO)P(O)O. The number of aliphatic hydroxyl groups excluding tert-OH is 1. The molecule has 0 saturated heterocycles. The minimum absolute atomic E-state index is 0.376. The fourth-order valence-electron chi connectivity index (χ4n) is 0.0730. The highest BCUT2D eigenvalue weighted by Gasteiger charge is 2.08. The number of aliphatic hydroxyl groups is 1. The predicted molar refractivity (Wildman–Crippen MR) is 26.4 cm³/mol. The first-order valence-electron chi connectivity index (χ1n) is 1.72. The lowest BCUT2D eigenvalue weighted by Crippen LogP contribution is -2.21. The normalized spacial score (nSPS) is 15.0. The molecule has 44 valence electrons. The zero-order valence-electron chi connectivity index (χ0n) is 3.65. The van der Waals surface area contributed by atoms with Crippen LogP contribution in [0.1, 0.15) is 0 Å². The molecule has 0 heterocycles. The molecule has 5 N–H and O–H groups in total. The summed E-state index contributed by atoms with van der Waals surface area (Å²) in [4.78, 5) is 16.3. The minimum atomic E-state index is -2.13. The van der Waals surface area contributed by atoms with Crippen LogP contribution in [0.5, 0.6) is 0 Å². The highest BCUT2D eigenvalue weighted by Crippen LogP contribution is 2.25. The molecule has 0 bridgehead atoms. The Morgan fingerprint density at radius 2 is 2.00 bits per heavy atom.